The maximum Gasteiger partial charge on any atom is 0.390 e. The van der Waals surface area contributed by atoms with Gasteiger partial charge in [-0.05, 0) is 38.1 Å². The van der Waals surface area contributed by atoms with E-state index in [-0.39, 0.29) is 18.6 Å². The number of nitrogens with zero attached hydrogens (tertiary/aromatic N) is 1. The number of alkyl halides is 3. The van der Waals surface area contributed by atoms with Gasteiger partial charge in [-0.3, -0.25) is 0 Å². The first kappa shape index (κ1) is 14.8. The summed E-state index contributed by atoms with van der Waals surface area (Å²) in [7, 11) is 1.69. The quantitative estimate of drug-likeness (QED) is 0.832. The van der Waals surface area contributed by atoms with E-state index in [0.29, 0.717) is 12.5 Å². The number of aliphatic hydroxyl groups excluding tert-OH is 1. The van der Waals surface area contributed by atoms with Crippen LogP contribution in [0, 0.1) is 11.8 Å². The molecule has 5 heteroatoms. The van der Waals surface area contributed by atoms with Crippen LogP contribution in [0.2, 0.25) is 0 Å². The Hall–Kier alpha value is -0.290. The molecule has 1 aliphatic rings. The molecular weight excluding hydrogens is 231 g/mol. The van der Waals surface area contributed by atoms with Gasteiger partial charge in [0.2, 0.25) is 0 Å². The molecule has 1 N–H and O–H groups in total. The summed E-state index contributed by atoms with van der Waals surface area (Å²) in [5, 5.41) is 9.81. The van der Waals surface area contributed by atoms with Gasteiger partial charge in [0, 0.05) is 13.1 Å². The first-order chi connectivity index (χ1) is 7.78. The highest BCUT2D eigenvalue weighted by Gasteiger charge is 2.30. The molecular formula is C12H22F3NO. The third kappa shape index (κ3) is 5.73. The highest BCUT2D eigenvalue weighted by molar-refractivity contribution is 4.80. The molecule has 0 saturated heterocycles. The summed E-state index contributed by atoms with van der Waals surface area (Å²) in [5.41, 5.74) is 0. The van der Waals surface area contributed by atoms with E-state index in [4.69, 9.17) is 0 Å². The van der Waals surface area contributed by atoms with E-state index in [2.05, 4.69) is 6.92 Å². The molecule has 1 aliphatic carbocycles. The molecule has 0 bridgehead atoms. The number of rotatable bonds is 4. The van der Waals surface area contributed by atoms with Crippen molar-refractivity contribution in [2.45, 2.75) is 44.9 Å². The van der Waals surface area contributed by atoms with Gasteiger partial charge in [-0.1, -0.05) is 6.92 Å². The van der Waals surface area contributed by atoms with Crippen LogP contribution in [0.15, 0.2) is 0 Å². The van der Waals surface area contributed by atoms with Crippen molar-refractivity contribution in [2.24, 2.45) is 11.8 Å². The molecule has 3 unspecified atom stereocenters. The number of aliphatic hydroxyl groups is 1. The first-order valence-electron chi connectivity index (χ1n) is 6.21. The van der Waals surface area contributed by atoms with E-state index in [1.54, 1.807) is 11.9 Å². The second-order valence-electron chi connectivity index (χ2n) is 5.37. The van der Waals surface area contributed by atoms with Crippen LogP contribution in [0.4, 0.5) is 13.2 Å². The molecule has 1 fully saturated rings. The summed E-state index contributed by atoms with van der Waals surface area (Å²) >= 11 is 0. The molecule has 0 aromatic rings. The molecule has 102 valence electrons. The fraction of sp³-hybridized carbons (Fsp3) is 1.00. The van der Waals surface area contributed by atoms with Gasteiger partial charge in [0.25, 0.3) is 0 Å². The summed E-state index contributed by atoms with van der Waals surface area (Å²) < 4.78 is 36.2. The zero-order chi connectivity index (χ0) is 13.1. The summed E-state index contributed by atoms with van der Waals surface area (Å²) in [6.07, 6.45) is -2.51. The molecule has 0 spiro atoms. The summed E-state index contributed by atoms with van der Waals surface area (Å²) in [6, 6.07) is 0. The lowest BCUT2D eigenvalue weighted by Gasteiger charge is -2.34. The van der Waals surface area contributed by atoms with E-state index >= 15 is 0 Å². The number of halogens is 3. The van der Waals surface area contributed by atoms with Gasteiger partial charge >= 0.3 is 6.18 Å². The second-order valence-corrected chi connectivity index (χ2v) is 5.37. The van der Waals surface area contributed by atoms with Crippen LogP contribution < -0.4 is 0 Å². The summed E-state index contributed by atoms with van der Waals surface area (Å²) in [5.74, 6) is 0.691. The minimum atomic E-state index is -4.09. The largest absolute Gasteiger partial charge is 0.393 e. The molecule has 0 radical (unpaired) electrons. The van der Waals surface area contributed by atoms with Gasteiger partial charge < -0.3 is 10.0 Å². The second kappa shape index (κ2) is 6.05. The van der Waals surface area contributed by atoms with Crippen LogP contribution in [0.3, 0.4) is 0 Å². The summed E-state index contributed by atoms with van der Waals surface area (Å²) in [6.45, 7) is 2.71. The Morgan fingerprint density at radius 3 is 2.53 bits per heavy atom. The molecule has 0 amide bonds. The maximum absolute atomic E-state index is 12.1. The minimum Gasteiger partial charge on any atom is -0.393 e. The van der Waals surface area contributed by atoms with E-state index in [0.717, 1.165) is 19.3 Å². The molecule has 3 atom stereocenters. The van der Waals surface area contributed by atoms with Crippen LogP contribution in [0.5, 0.6) is 0 Å². The predicted octanol–water partition coefficient (Wildman–Crippen LogP) is 2.67. The molecule has 1 saturated carbocycles. The van der Waals surface area contributed by atoms with Gasteiger partial charge in [-0.15, -0.1) is 0 Å². The fourth-order valence-electron chi connectivity index (χ4n) is 2.49. The smallest absolute Gasteiger partial charge is 0.390 e. The molecule has 0 aliphatic heterocycles. The lowest BCUT2D eigenvalue weighted by atomic mass is 9.80. The monoisotopic (exact) mass is 253 g/mol. The van der Waals surface area contributed by atoms with Gasteiger partial charge in [0.1, 0.15) is 0 Å². The molecule has 17 heavy (non-hydrogen) atoms. The van der Waals surface area contributed by atoms with Crippen LogP contribution in [-0.4, -0.2) is 42.4 Å². The van der Waals surface area contributed by atoms with Crippen LogP contribution in [0.25, 0.3) is 0 Å². The van der Waals surface area contributed by atoms with Crippen molar-refractivity contribution in [2.75, 3.05) is 20.1 Å². The Morgan fingerprint density at radius 2 is 1.94 bits per heavy atom. The highest BCUT2D eigenvalue weighted by atomic mass is 19.4. The van der Waals surface area contributed by atoms with Gasteiger partial charge in [0.05, 0.1) is 12.5 Å². The van der Waals surface area contributed by atoms with Crippen molar-refractivity contribution in [3.05, 3.63) is 0 Å². The minimum absolute atomic E-state index is 0.0150. The lowest BCUT2D eigenvalue weighted by Crippen LogP contribution is -2.38. The number of hydrogen-bond donors (Lipinski definition) is 1. The van der Waals surface area contributed by atoms with E-state index in [1.807, 2.05) is 0 Å². The zero-order valence-corrected chi connectivity index (χ0v) is 10.5. The Kier molecular flexibility index (Phi) is 5.25. The lowest BCUT2D eigenvalue weighted by molar-refractivity contribution is -0.138. The summed E-state index contributed by atoms with van der Waals surface area (Å²) in [4.78, 5) is 1.68. The maximum atomic E-state index is 12.1. The SMILES string of the molecule is CC1CCC(O)C(CN(C)CCC(F)(F)F)C1. The molecule has 0 heterocycles. The Bertz CT molecular complexity index is 232. The number of hydrogen-bond acceptors (Lipinski definition) is 2. The van der Waals surface area contributed by atoms with Crippen molar-refractivity contribution in [3.63, 3.8) is 0 Å². The van der Waals surface area contributed by atoms with Crippen LogP contribution in [-0.2, 0) is 0 Å². The molecule has 0 aromatic heterocycles. The van der Waals surface area contributed by atoms with Crippen molar-refractivity contribution < 1.29 is 18.3 Å². The van der Waals surface area contributed by atoms with E-state index < -0.39 is 12.6 Å². The normalized spacial score (nSPS) is 30.9. The van der Waals surface area contributed by atoms with Crippen molar-refractivity contribution in [1.82, 2.24) is 4.90 Å². The first-order valence-corrected chi connectivity index (χ1v) is 6.21. The fourth-order valence-corrected chi connectivity index (χ4v) is 2.49. The van der Waals surface area contributed by atoms with Gasteiger partial charge in [-0.25, -0.2) is 0 Å². The zero-order valence-electron chi connectivity index (χ0n) is 10.5. The van der Waals surface area contributed by atoms with Crippen LogP contribution in [0.1, 0.15) is 32.6 Å². The van der Waals surface area contributed by atoms with Crippen LogP contribution >= 0.6 is 0 Å². The average Bonchev–Trinajstić information content (AvgIpc) is 2.20. The predicted molar refractivity (Wildman–Crippen MR) is 60.7 cm³/mol. The van der Waals surface area contributed by atoms with E-state index in [9.17, 15) is 18.3 Å². The topological polar surface area (TPSA) is 23.5 Å². The van der Waals surface area contributed by atoms with Crippen molar-refractivity contribution in [1.29, 1.82) is 0 Å². The Labute approximate surface area is 101 Å². The molecule has 0 aromatic carbocycles. The van der Waals surface area contributed by atoms with Gasteiger partial charge in [-0.2, -0.15) is 13.2 Å². The third-order valence-electron chi connectivity index (χ3n) is 3.53. The highest BCUT2D eigenvalue weighted by Crippen LogP contribution is 2.29. The molecule has 1 rings (SSSR count). The van der Waals surface area contributed by atoms with Crippen molar-refractivity contribution in [3.8, 4) is 0 Å². The third-order valence-corrected chi connectivity index (χ3v) is 3.53. The standard InChI is InChI=1S/C12H22F3NO/c1-9-3-4-11(17)10(7-9)8-16(2)6-5-12(13,14)15/h9-11,17H,3-8H2,1-2H3. The average molecular weight is 253 g/mol. The van der Waals surface area contributed by atoms with Gasteiger partial charge in [0.15, 0.2) is 0 Å². The Morgan fingerprint density at radius 1 is 1.29 bits per heavy atom. The Balaban J connectivity index is 2.31. The van der Waals surface area contributed by atoms with Crippen molar-refractivity contribution >= 4 is 0 Å². The van der Waals surface area contributed by atoms with E-state index in [1.165, 1.54) is 0 Å². The molecule has 2 nitrogen and oxygen atoms in total.